The second kappa shape index (κ2) is 13.9. The van der Waals surface area contributed by atoms with Crippen molar-refractivity contribution in [1.82, 2.24) is 3.11 Å². The third kappa shape index (κ3) is 8.27. The molecule has 3 aromatic rings. The number of rotatable bonds is 9. The van der Waals surface area contributed by atoms with Crippen molar-refractivity contribution in [3.63, 3.8) is 0 Å². The van der Waals surface area contributed by atoms with Crippen LogP contribution in [0, 0.1) is 6.92 Å². The van der Waals surface area contributed by atoms with Crippen LogP contribution in [0.2, 0.25) is 0 Å². The van der Waals surface area contributed by atoms with E-state index in [0.717, 1.165) is 59.4 Å². The second-order valence-electron chi connectivity index (χ2n) is 9.98. The number of hydrogen-bond donors (Lipinski definition) is 3. The first-order valence-electron chi connectivity index (χ1n) is 13.2. The Morgan fingerprint density at radius 2 is 1.77 bits per heavy atom. The van der Waals surface area contributed by atoms with Gasteiger partial charge in [-0.3, -0.25) is 4.79 Å². The summed E-state index contributed by atoms with van der Waals surface area (Å²) in [7, 11) is 0. The fourth-order valence-electron chi connectivity index (χ4n) is 4.74. The average Bonchev–Trinajstić information content (AvgIpc) is 2.93. The van der Waals surface area contributed by atoms with Crippen molar-refractivity contribution in [3.05, 3.63) is 83.4 Å². The van der Waals surface area contributed by atoms with Gasteiger partial charge in [-0.1, -0.05) is 12.1 Å². The molecule has 4 rings (SSSR count). The molecule has 1 unspecified atom stereocenters. The van der Waals surface area contributed by atoms with E-state index in [1.807, 2.05) is 67.6 Å². The van der Waals surface area contributed by atoms with Crippen LogP contribution in [-0.4, -0.2) is 49.3 Å². The van der Waals surface area contributed by atoms with Crippen molar-refractivity contribution in [2.75, 3.05) is 33.6 Å². The number of aliphatic hydroxyl groups is 1. The molecule has 0 radical (unpaired) electrons. The van der Waals surface area contributed by atoms with E-state index in [1.165, 1.54) is 0 Å². The van der Waals surface area contributed by atoms with Crippen LogP contribution in [0.3, 0.4) is 0 Å². The third-order valence-electron chi connectivity index (χ3n) is 6.87. The summed E-state index contributed by atoms with van der Waals surface area (Å²) in [4.78, 5) is 30.3. The van der Waals surface area contributed by atoms with E-state index in [9.17, 15) is 14.7 Å². The Balaban J connectivity index is 1.44. The van der Waals surface area contributed by atoms with Crippen molar-refractivity contribution in [2.45, 2.75) is 45.3 Å². The van der Waals surface area contributed by atoms with Gasteiger partial charge in [-0.25, -0.2) is 0 Å². The van der Waals surface area contributed by atoms with Crippen LogP contribution in [0.4, 0.5) is 16.2 Å². The van der Waals surface area contributed by atoms with E-state index in [-0.39, 0.29) is 18.6 Å². The molecule has 7 nitrogen and oxygen atoms in total. The number of ether oxygens (including phenoxy) is 1. The van der Waals surface area contributed by atoms with Crippen LogP contribution in [0.15, 0.2) is 66.7 Å². The van der Waals surface area contributed by atoms with Crippen molar-refractivity contribution < 1.29 is 19.4 Å². The Kier molecular flexibility index (Phi) is 10.4. The van der Waals surface area contributed by atoms with Crippen molar-refractivity contribution in [2.24, 2.45) is 0 Å². The van der Waals surface area contributed by atoms with Crippen LogP contribution < -0.4 is 10.6 Å². The molecule has 1 aliphatic heterocycles. The number of alkyl halides is 2. The van der Waals surface area contributed by atoms with Crippen LogP contribution >= 0.6 is 20.1 Å². The molecular weight excluding hydrogens is 605 g/mol. The molecule has 1 atom stereocenters. The Morgan fingerprint density at radius 3 is 2.49 bits per heavy atom. The monoisotopic (exact) mass is 643 g/mol. The van der Waals surface area contributed by atoms with Gasteiger partial charge in [0.2, 0.25) is 0 Å². The standard InChI is InChI=1S/C31H38IN3O4/c1-22-18-24(21-36)12-15-28(22)33-30(37)16-13-23-11-14-27(25-8-5-4-6-9-25)29(19-23)34-31(38)39-26-10-7-17-35(20-26)32(2)3/h4-6,8-9,11-12,14-15,18-19,26,36H,7,10,13,16-17,20-21H2,1-3H3,(H,33,37)(H,34,38). The first-order chi connectivity index (χ1) is 18.8. The van der Waals surface area contributed by atoms with E-state index in [2.05, 4.69) is 23.6 Å². The number of benzene rings is 3. The van der Waals surface area contributed by atoms with Gasteiger partial charge in [0, 0.05) is 5.69 Å². The van der Waals surface area contributed by atoms with Gasteiger partial charge < -0.3 is 10.4 Å². The number of carbonyl (C=O) groups excluding carboxylic acids is 2. The van der Waals surface area contributed by atoms with Crippen LogP contribution in [-0.2, 0) is 22.6 Å². The summed E-state index contributed by atoms with van der Waals surface area (Å²) in [6.07, 6.45) is 2.22. The second-order valence-corrected chi connectivity index (χ2v) is 15.4. The number of hydrogen-bond acceptors (Lipinski definition) is 5. The van der Waals surface area contributed by atoms with Crippen molar-refractivity contribution >= 4 is 43.5 Å². The number of nitrogens with zero attached hydrogens (tertiary/aromatic N) is 1. The van der Waals surface area contributed by atoms with Gasteiger partial charge in [-0.05, 0) is 24.1 Å². The number of amides is 2. The van der Waals surface area contributed by atoms with Gasteiger partial charge >= 0.3 is 176 Å². The summed E-state index contributed by atoms with van der Waals surface area (Å²) in [6.45, 7) is 3.79. The zero-order chi connectivity index (χ0) is 27.8. The van der Waals surface area contributed by atoms with Crippen molar-refractivity contribution in [3.8, 4) is 11.1 Å². The fraction of sp³-hybridized carbons (Fsp3) is 0.355. The molecule has 0 aliphatic carbocycles. The molecule has 1 saturated heterocycles. The molecule has 0 spiro atoms. The topological polar surface area (TPSA) is 90.9 Å². The molecule has 0 aromatic heterocycles. The maximum absolute atomic E-state index is 13.0. The SMILES string of the molecule is Cc1cc(CO)ccc1NC(=O)CCc1ccc(-c2ccccc2)c(NC(=O)OC2CCCN(I(C)C)C2)c1. The van der Waals surface area contributed by atoms with Crippen molar-refractivity contribution in [1.29, 1.82) is 0 Å². The molecule has 208 valence electrons. The van der Waals surface area contributed by atoms with Crippen LogP contribution in [0.25, 0.3) is 11.1 Å². The molecule has 39 heavy (non-hydrogen) atoms. The molecular formula is C31H38IN3O4. The Labute approximate surface area is 238 Å². The summed E-state index contributed by atoms with van der Waals surface area (Å²) in [5.74, 6) is -0.0908. The molecule has 0 saturated carbocycles. The molecule has 2 amide bonds. The average molecular weight is 644 g/mol. The molecule has 1 fully saturated rings. The molecule has 1 aliphatic rings. The maximum atomic E-state index is 13.0. The van der Waals surface area contributed by atoms with Gasteiger partial charge in [-0.2, -0.15) is 0 Å². The summed E-state index contributed by atoms with van der Waals surface area (Å²) in [5, 5.41) is 15.3. The molecule has 0 bridgehead atoms. The van der Waals surface area contributed by atoms with Gasteiger partial charge in [-0.15, -0.1) is 0 Å². The predicted molar refractivity (Wildman–Crippen MR) is 166 cm³/mol. The Bertz CT molecular complexity index is 1280. The van der Waals surface area contributed by atoms with E-state index in [0.29, 0.717) is 18.5 Å². The number of anilines is 2. The summed E-state index contributed by atoms with van der Waals surface area (Å²) in [6, 6.07) is 21.3. The number of nitrogens with one attached hydrogen (secondary N) is 2. The van der Waals surface area contributed by atoms with Crippen LogP contribution in [0.5, 0.6) is 0 Å². The Hall–Kier alpha value is -2.95. The molecule has 8 heteroatoms. The first kappa shape index (κ1) is 29.0. The third-order valence-corrected chi connectivity index (χ3v) is 10.5. The van der Waals surface area contributed by atoms with Gasteiger partial charge in [0.1, 0.15) is 0 Å². The predicted octanol–water partition coefficient (Wildman–Crippen LogP) is 6.42. The van der Waals surface area contributed by atoms with Gasteiger partial charge in [0.15, 0.2) is 0 Å². The molecule has 3 N–H and O–H groups in total. The number of carbonyl (C=O) groups is 2. The van der Waals surface area contributed by atoms with E-state index in [4.69, 9.17) is 4.74 Å². The minimum absolute atomic E-state index is 0.0310. The number of aliphatic hydroxyl groups excluding tert-OH is 1. The first-order valence-corrected chi connectivity index (χ1v) is 18.5. The Morgan fingerprint density at radius 1 is 1.00 bits per heavy atom. The molecule has 3 aromatic carbocycles. The van der Waals surface area contributed by atoms with Gasteiger partial charge in [0.05, 0.1) is 6.61 Å². The number of aryl methyl sites for hydroxylation is 2. The summed E-state index contributed by atoms with van der Waals surface area (Å²) < 4.78 is 8.35. The summed E-state index contributed by atoms with van der Waals surface area (Å²) >= 11 is -1.10. The minimum atomic E-state index is -1.10. The zero-order valence-electron chi connectivity index (χ0n) is 22.9. The normalized spacial score (nSPS) is 15.9. The van der Waals surface area contributed by atoms with Gasteiger partial charge in [0.25, 0.3) is 0 Å². The van der Waals surface area contributed by atoms with E-state index in [1.54, 1.807) is 6.07 Å². The molecule has 1 heterocycles. The number of halogens is 1. The van der Waals surface area contributed by atoms with Crippen LogP contribution in [0.1, 0.15) is 36.0 Å². The quantitative estimate of drug-likeness (QED) is 0.142. The summed E-state index contributed by atoms with van der Waals surface area (Å²) in [5.41, 5.74) is 5.98. The fourth-order valence-corrected chi connectivity index (χ4v) is 7.28. The van der Waals surface area contributed by atoms with E-state index >= 15 is 0 Å². The van der Waals surface area contributed by atoms with E-state index < -0.39 is 26.2 Å². The zero-order valence-corrected chi connectivity index (χ0v) is 25.0. The number of piperidine rings is 1.